The van der Waals surface area contributed by atoms with Crippen LogP contribution in [0.2, 0.25) is 0 Å². The van der Waals surface area contributed by atoms with Gasteiger partial charge in [0, 0.05) is 18.8 Å². The molecular weight excluding hydrogens is 427 g/mol. The second-order valence-electron chi connectivity index (χ2n) is 7.38. The fraction of sp³-hybridized carbons (Fsp3) is 0.364. The molecule has 2 amide bonds. The number of carbonyl (C=O) groups excluding carboxylic acids is 2. The van der Waals surface area contributed by atoms with Crippen LogP contribution in [0.15, 0.2) is 42.5 Å². The Morgan fingerprint density at radius 3 is 2.19 bits per heavy atom. The van der Waals surface area contributed by atoms with Crippen LogP contribution in [0.3, 0.4) is 0 Å². The summed E-state index contributed by atoms with van der Waals surface area (Å²) in [7, 11) is 0. The van der Waals surface area contributed by atoms with E-state index >= 15 is 0 Å². The van der Waals surface area contributed by atoms with Crippen LogP contribution in [0.25, 0.3) is 0 Å². The van der Waals surface area contributed by atoms with E-state index in [2.05, 4.69) is 10.6 Å². The maximum Gasteiger partial charge on any atom is 0.416 e. The zero-order valence-corrected chi connectivity index (χ0v) is 17.9. The number of rotatable bonds is 7. The Hall–Kier alpha value is -2.68. The summed E-state index contributed by atoms with van der Waals surface area (Å²) in [5.41, 5.74) is 1.66. The minimum absolute atomic E-state index is 0.0446. The summed E-state index contributed by atoms with van der Waals surface area (Å²) in [6, 6.07) is 10.8. The standard InChI is InChI=1S/C22H24F3N3O2S/c1-15-4-7-17(8-5-15)26-20(29)13-31-14-21(30)27-18-12-16(22(23,24)25)6-9-19(18)28-10-2-3-11-28/h4-9,12H,2-3,10-11,13-14H2,1H3,(H,26,29)(H,27,30). The molecule has 0 radical (unpaired) electrons. The van der Waals surface area contributed by atoms with Crippen molar-refractivity contribution in [3.63, 3.8) is 0 Å². The van der Waals surface area contributed by atoms with Gasteiger partial charge in [-0.15, -0.1) is 11.8 Å². The molecule has 0 saturated carbocycles. The number of benzene rings is 2. The third-order valence-electron chi connectivity index (χ3n) is 4.85. The Labute approximate surface area is 183 Å². The summed E-state index contributed by atoms with van der Waals surface area (Å²) < 4.78 is 39.4. The second-order valence-corrected chi connectivity index (χ2v) is 8.36. The number of thioether (sulfide) groups is 1. The van der Waals surface area contributed by atoms with Crippen LogP contribution >= 0.6 is 11.8 Å². The lowest BCUT2D eigenvalue weighted by Crippen LogP contribution is -2.23. The topological polar surface area (TPSA) is 61.4 Å². The van der Waals surface area contributed by atoms with E-state index in [1.807, 2.05) is 24.0 Å². The highest BCUT2D eigenvalue weighted by atomic mass is 32.2. The third-order valence-corrected chi connectivity index (χ3v) is 5.78. The molecule has 1 saturated heterocycles. The fourth-order valence-electron chi connectivity index (χ4n) is 3.30. The van der Waals surface area contributed by atoms with E-state index in [4.69, 9.17) is 0 Å². The first-order chi connectivity index (χ1) is 14.7. The van der Waals surface area contributed by atoms with Crippen molar-refractivity contribution in [2.24, 2.45) is 0 Å². The average Bonchev–Trinajstić information content (AvgIpc) is 3.23. The molecule has 0 aliphatic carbocycles. The molecule has 0 bridgehead atoms. The van der Waals surface area contributed by atoms with Gasteiger partial charge in [0.25, 0.3) is 0 Å². The van der Waals surface area contributed by atoms with Gasteiger partial charge in [-0.05, 0) is 50.1 Å². The second kappa shape index (κ2) is 10.1. The van der Waals surface area contributed by atoms with E-state index in [0.29, 0.717) is 11.4 Å². The quantitative estimate of drug-likeness (QED) is 0.627. The first-order valence-electron chi connectivity index (χ1n) is 9.93. The van der Waals surface area contributed by atoms with E-state index in [1.165, 1.54) is 6.07 Å². The monoisotopic (exact) mass is 451 g/mol. The molecule has 9 heteroatoms. The van der Waals surface area contributed by atoms with Crippen molar-refractivity contribution in [1.29, 1.82) is 0 Å². The lowest BCUT2D eigenvalue weighted by molar-refractivity contribution is -0.137. The molecule has 0 unspecified atom stereocenters. The van der Waals surface area contributed by atoms with Gasteiger partial charge in [-0.1, -0.05) is 17.7 Å². The van der Waals surface area contributed by atoms with E-state index in [0.717, 1.165) is 55.4 Å². The summed E-state index contributed by atoms with van der Waals surface area (Å²) in [6.07, 6.45) is -2.58. The van der Waals surface area contributed by atoms with Gasteiger partial charge in [0.2, 0.25) is 11.8 Å². The number of hydrogen-bond donors (Lipinski definition) is 2. The van der Waals surface area contributed by atoms with Crippen molar-refractivity contribution in [2.45, 2.75) is 25.9 Å². The van der Waals surface area contributed by atoms with E-state index < -0.39 is 17.6 Å². The summed E-state index contributed by atoms with van der Waals surface area (Å²) in [5, 5.41) is 5.34. The largest absolute Gasteiger partial charge is 0.416 e. The number of aryl methyl sites for hydroxylation is 1. The fourth-order valence-corrected chi connectivity index (χ4v) is 3.92. The maximum absolute atomic E-state index is 13.1. The van der Waals surface area contributed by atoms with Crippen LogP contribution in [0.4, 0.5) is 30.2 Å². The van der Waals surface area contributed by atoms with Gasteiger partial charge in [-0.2, -0.15) is 13.2 Å². The van der Waals surface area contributed by atoms with E-state index in [-0.39, 0.29) is 23.1 Å². The molecule has 0 atom stereocenters. The lowest BCUT2D eigenvalue weighted by Gasteiger charge is -2.23. The Morgan fingerprint density at radius 1 is 0.968 bits per heavy atom. The highest BCUT2D eigenvalue weighted by molar-refractivity contribution is 8.00. The van der Waals surface area contributed by atoms with Gasteiger partial charge in [-0.3, -0.25) is 9.59 Å². The SMILES string of the molecule is Cc1ccc(NC(=O)CSCC(=O)Nc2cc(C(F)(F)F)ccc2N2CCCC2)cc1. The highest BCUT2D eigenvalue weighted by Gasteiger charge is 2.32. The molecule has 3 rings (SSSR count). The smallest absolute Gasteiger partial charge is 0.370 e. The van der Waals surface area contributed by atoms with Crippen LogP contribution in [0, 0.1) is 6.92 Å². The van der Waals surface area contributed by atoms with Gasteiger partial charge < -0.3 is 15.5 Å². The van der Waals surface area contributed by atoms with Crippen LogP contribution in [-0.2, 0) is 15.8 Å². The lowest BCUT2D eigenvalue weighted by atomic mass is 10.1. The Morgan fingerprint density at radius 2 is 1.58 bits per heavy atom. The van der Waals surface area contributed by atoms with Crippen molar-refractivity contribution >= 4 is 40.6 Å². The van der Waals surface area contributed by atoms with Crippen LogP contribution < -0.4 is 15.5 Å². The Kier molecular flexibility index (Phi) is 7.48. The minimum atomic E-state index is -4.49. The number of carbonyl (C=O) groups is 2. The van der Waals surface area contributed by atoms with Crippen molar-refractivity contribution in [2.75, 3.05) is 40.1 Å². The normalized spacial score (nSPS) is 13.9. The van der Waals surface area contributed by atoms with Crippen molar-refractivity contribution in [3.05, 3.63) is 53.6 Å². The van der Waals surface area contributed by atoms with Crippen LogP contribution in [0.1, 0.15) is 24.0 Å². The van der Waals surface area contributed by atoms with Crippen LogP contribution in [0.5, 0.6) is 0 Å². The molecule has 166 valence electrons. The van der Waals surface area contributed by atoms with Gasteiger partial charge in [0.1, 0.15) is 0 Å². The van der Waals surface area contributed by atoms with Gasteiger partial charge in [-0.25, -0.2) is 0 Å². The molecule has 1 heterocycles. The molecule has 2 N–H and O–H groups in total. The Bertz CT molecular complexity index is 927. The summed E-state index contributed by atoms with van der Waals surface area (Å²) in [5.74, 6) is -0.689. The maximum atomic E-state index is 13.1. The predicted octanol–water partition coefficient (Wildman–Crippen LogP) is 4.92. The Balaban J connectivity index is 1.57. The number of amides is 2. The van der Waals surface area contributed by atoms with E-state index in [1.54, 1.807) is 12.1 Å². The van der Waals surface area contributed by atoms with Crippen molar-refractivity contribution < 1.29 is 22.8 Å². The molecule has 0 spiro atoms. The highest BCUT2D eigenvalue weighted by Crippen LogP contribution is 2.36. The number of hydrogen-bond acceptors (Lipinski definition) is 4. The van der Waals surface area contributed by atoms with Crippen molar-refractivity contribution in [3.8, 4) is 0 Å². The molecular formula is C22H24F3N3O2S. The first-order valence-corrected chi connectivity index (χ1v) is 11.1. The van der Waals surface area contributed by atoms with Gasteiger partial charge in [0.15, 0.2) is 0 Å². The number of nitrogens with one attached hydrogen (secondary N) is 2. The molecule has 31 heavy (non-hydrogen) atoms. The predicted molar refractivity (Wildman–Crippen MR) is 119 cm³/mol. The number of alkyl halides is 3. The molecule has 2 aromatic rings. The third kappa shape index (κ3) is 6.65. The number of nitrogens with zero attached hydrogens (tertiary/aromatic N) is 1. The number of anilines is 3. The van der Waals surface area contributed by atoms with E-state index in [9.17, 15) is 22.8 Å². The molecule has 5 nitrogen and oxygen atoms in total. The van der Waals surface area contributed by atoms with Crippen molar-refractivity contribution in [1.82, 2.24) is 0 Å². The summed E-state index contributed by atoms with van der Waals surface area (Å²) in [4.78, 5) is 26.3. The zero-order chi connectivity index (χ0) is 22.4. The first kappa shape index (κ1) is 23.0. The summed E-state index contributed by atoms with van der Waals surface area (Å²) >= 11 is 1.10. The summed E-state index contributed by atoms with van der Waals surface area (Å²) in [6.45, 7) is 3.42. The molecule has 1 fully saturated rings. The molecule has 0 aromatic heterocycles. The van der Waals surface area contributed by atoms with Crippen LogP contribution in [-0.4, -0.2) is 36.4 Å². The minimum Gasteiger partial charge on any atom is -0.370 e. The van der Waals surface area contributed by atoms with Gasteiger partial charge >= 0.3 is 6.18 Å². The van der Waals surface area contributed by atoms with Gasteiger partial charge in [0.05, 0.1) is 28.4 Å². The molecule has 1 aliphatic rings. The average molecular weight is 452 g/mol. The molecule has 1 aliphatic heterocycles. The molecule has 2 aromatic carbocycles. The number of halogens is 3. The zero-order valence-electron chi connectivity index (χ0n) is 17.1.